The Bertz CT molecular complexity index is 434. The molecule has 0 bridgehead atoms. The summed E-state index contributed by atoms with van der Waals surface area (Å²) >= 11 is 0. The van der Waals surface area contributed by atoms with Crippen LogP contribution in [0.1, 0.15) is 45.6 Å². The number of benzene rings is 1. The third kappa shape index (κ3) is 8.14. The van der Waals surface area contributed by atoms with Gasteiger partial charge in [0.05, 0.1) is 13.0 Å². The smallest absolute Gasteiger partial charge is 0.307 e. The summed E-state index contributed by atoms with van der Waals surface area (Å²) in [6.45, 7) is 8.33. The molecule has 1 N–H and O–H groups in total. The predicted octanol–water partition coefficient (Wildman–Crippen LogP) is 3.24. The van der Waals surface area contributed by atoms with E-state index in [4.69, 9.17) is 4.74 Å². The molecule has 1 unspecified atom stereocenters. The van der Waals surface area contributed by atoms with Gasteiger partial charge in [0, 0.05) is 25.7 Å². The molecule has 0 aromatic heterocycles. The third-order valence-corrected chi connectivity index (χ3v) is 3.80. The monoisotopic (exact) mass is 321 g/mol. The fraction of sp³-hybridized carbons (Fsp3) is 0.632. The van der Waals surface area contributed by atoms with E-state index in [1.165, 1.54) is 5.56 Å². The van der Waals surface area contributed by atoms with Crippen LogP contribution in [-0.4, -0.2) is 41.8 Å². The normalized spacial score (nSPS) is 12.6. The second-order valence-electron chi connectivity index (χ2n) is 6.33. The van der Waals surface area contributed by atoms with Crippen LogP contribution in [-0.2, 0) is 16.1 Å². The van der Waals surface area contributed by atoms with Gasteiger partial charge in [-0.05, 0) is 31.2 Å². The van der Waals surface area contributed by atoms with Crippen LogP contribution in [0, 0.1) is 5.92 Å². The van der Waals surface area contributed by atoms with Crippen LogP contribution in [0.4, 0.5) is 0 Å². The number of nitrogens with zero attached hydrogens (tertiary/aromatic N) is 1. The van der Waals surface area contributed by atoms with Crippen molar-refractivity contribution in [3.8, 4) is 0 Å². The lowest BCUT2D eigenvalue weighted by Gasteiger charge is -2.32. The lowest BCUT2D eigenvalue weighted by Crippen LogP contribution is -2.38. The Balaban J connectivity index is 2.83. The predicted molar refractivity (Wildman–Crippen MR) is 93.0 cm³/mol. The first-order valence-electron chi connectivity index (χ1n) is 8.61. The minimum Gasteiger partial charge on any atom is -0.466 e. The van der Waals surface area contributed by atoms with E-state index in [9.17, 15) is 9.90 Å². The molecule has 0 aliphatic rings. The molecule has 0 aliphatic carbocycles. The fourth-order valence-corrected chi connectivity index (χ4v) is 2.80. The quantitative estimate of drug-likeness (QED) is 0.636. The van der Waals surface area contributed by atoms with E-state index in [1.54, 1.807) is 0 Å². The summed E-state index contributed by atoms with van der Waals surface area (Å²) in [6.07, 6.45) is 2.06. The molecular weight excluding hydrogens is 290 g/mol. The number of aliphatic hydroxyl groups excluding tert-OH is 1. The van der Waals surface area contributed by atoms with E-state index in [0.717, 1.165) is 19.5 Å². The van der Waals surface area contributed by atoms with Gasteiger partial charge in [-0.2, -0.15) is 0 Å². The highest BCUT2D eigenvalue weighted by Crippen LogP contribution is 2.19. The van der Waals surface area contributed by atoms with Gasteiger partial charge >= 0.3 is 5.97 Å². The number of aliphatic hydroxyl groups is 1. The summed E-state index contributed by atoms with van der Waals surface area (Å²) in [5.74, 6) is 0.363. The maximum atomic E-state index is 12.0. The molecule has 0 fully saturated rings. The highest BCUT2D eigenvalue weighted by molar-refractivity contribution is 5.70. The number of ether oxygens (including phenoxy) is 1. The van der Waals surface area contributed by atoms with E-state index >= 15 is 0 Å². The van der Waals surface area contributed by atoms with Crippen molar-refractivity contribution in [2.45, 2.75) is 52.6 Å². The minimum absolute atomic E-state index is 0.139. The molecule has 0 aliphatic heterocycles. The maximum Gasteiger partial charge on any atom is 0.307 e. The zero-order valence-corrected chi connectivity index (χ0v) is 14.7. The van der Waals surface area contributed by atoms with Crippen molar-refractivity contribution in [3.05, 3.63) is 35.9 Å². The summed E-state index contributed by atoms with van der Waals surface area (Å²) in [5, 5.41) is 9.19. The van der Waals surface area contributed by atoms with Gasteiger partial charge in [0.2, 0.25) is 0 Å². The van der Waals surface area contributed by atoms with Gasteiger partial charge in [-0.15, -0.1) is 0 Å². The van der Waals surface area contributed by atoms with Crippen LogP contribution in [0.2, 0.25) is 0 Å². The Morgan fingerprint density at radius 1 is 1.26 bits per heavy atom. The van der Waals surface area contributed by atoms with Gasteiger partial charge in [0.1, 0.15) is 0 Å². The molecule has 1 aromatic carbocycles. The molecule has 0 spiro atoms. The molecule has 0 amide bonds. The molecule has 0 saturated carbocycles. The highest BCUT2D eigenvalue weighted by Gasteiger charge is 2.23. The summed E-state index contributed by atoms with van der Waals surface area (Å²) in [5.41, 5.74) is 1.23. The van der Waals surface area contributed by atoms with Crippen LogP contribution in [0.5, 0.6) is 0 Å². The summed E-state index contributed by atoms with van der Waals surface area (Å²) in [4.78, 5) is 14.3. The lowest BCUT2D eigenvalue weighted by molar-refractivity contribution is -0.144. The average Bonchev–Trinajstić information content (AvgIpc) is 2.51. The molecule has 0 saturated heterocycles. The SMILES string of the molecule is CCOC(=O)CC(CC(C)C)N(CCCO)Cc1ccccc1. The van der Waals surface area contributed by atoms with E-state index in [-0.39, 0.29) is 18.6 Å². The number of esters is 1. The summed E-state index contributed by atoms with van der Waals surface area (Å²) in [6, 6.07) is 10.4. The van der Waals surface area contributed by atoms with E-state index in [2.05, 4.69) is 30.9 Å². The van der Waals surface area contributed by atoms with Crippen molar-refractivity contribution in [2.24, 2.45) is 5.92 Å². The van der Waals surface area contributed by atoms with Crippen molar-refractivity contribution in [1.82, 2.24) is 4.90 Å². The Morgan fingerprint density at radius 3 is 2.52 bits per heavy atom. The topological polar surface area (TPSA) is 49.8 Å². The van der Waals surface area contributed by atoms with Crippen LogP contribution in [0.25, 0.3) is 0 Å². The van der Waals surface area contributed by atoms with Gasteiger partial charge < -0.3 is 9.84 Å². The standard InChI is InChI=1S/C19H31NO3/c1-4-23-19(22)14-18(13-16(2)3)20(11-8-12-21)15-17-9-6-5-7-10-17/h5-7,9-10,16,18,21H,4,8,11-15H2,1-3H3. The molecule has 4 nitrogen and oxygen atoms in total. The van der Waals surface area contributed by atoms with Gasteiger partial charge in [-0.3, -0.25) is 9.69 Å². The van der Waals surface area contributed by atoms with E-state index in [0.29, 0.717) is 25.4 Å². The molecule has 0 radical (unpaired) electrons. The molecule has 1 rings (SSSR count). The number of hydrogen-bond acceptors (Lipinski definition) is 4. The maximum absolute atomic E-state index is 12.0. The average molecular weight is 321 g/mol. The number of carbonyl (C=O) groups excluding carboxylic acids is 1. The van der Waals surface area contributed by atoms with Gasteiger partial charge in [-0.1, -0.05) is 44.2 Å². The molecule has 1 aromatic rings. The van der Waals surface area contributed by atoms with E-state index < -0.39 is 0 Å². The zero-order valence-electron chi connectivity index (χ0n) is 14.7. The molecular formula is C19H31NO3. The number of hydrogen-bond donors (Lipinski definition) is 1. The van der Waals surface area contributed by atoms with Gasteiger partial charge in [-0.25, -0.2) is 0 Å². The van der Waals surface area contributed by atoms with Crippen LogP contribution >= 0.6 is 0 Å². The summed E-state index contributed by atoms with van der Waals surface area (Å²) < 4.78 is 5.14. The molecule has 0 heterocycles. The number of carbonyl (C=O) groups is 1. The Labute approximate surface area is 140 Å². The van der Waals surface area contributed by atoms with E-state index in [1.807, 2.05) is 25.1 Å². The molecule has 1 atom stereocenters. The third-order valence-electron chi connectivity index (χ3n) is 3.80. The van der Waals surface area contributed by atoms with Crippen molar-refractivity contribution in [2.75, 3.05) is 19.8 Å². The highest BCUT2D eigenvalue weighted by atomic mass is 16.5. The minimum atomic E-state index is -0.139. The lowest BCUT2D eigenvalue weighted by atomic mass is 9.98. The van der Waals surface area contributed by atoms with Crippen LogP contribution < -0.4 is 0 Å². The number of rotatable bonds is 11. The molecule has 23 heavy (non-hydrogen) atoms. The largest absolute Gasteiger partial charge is 0.466 e. The van der Waals surface area contributed by atoms with Crippen molar-refractivity contribution < 1.29 is 14.6 Å². The Morgan fingerprint density at radius 2 is 1.96 bits per heavy atom. The van der Waals surface area contributed by atoms with Gasteiger partial charge in [0.25, 0.3) is 0 Å². The van der Waals surface area contributed by atoms with Gasteiger partial charge in [0.15, 0.2) is 0 Å². The molecule has 4 heteroatoms. The second kappa shape index (κ2) is 11.2. The van der Waals surface area contributed by atoms with Crippen molar-refractivity contribution >= 4 is 5.97 Å². The molecule has 130 valence electrons. The van der Waals surface area contributed by atoms with Crippen molar-refractivity contribution in [1.29, 1.82) is 0 Å². The zero-order chi connectivity index (χ0) is 17.1. The fourth-order valence-electron chi connectivity index (χ4n) is 2.80. The first-order chi connectivity index (χ1) is 11.1. The summed E-state index contributed by atoms with van der Waals surface area (Å²) in [7, 11) is 0. The first kappa shape index (κ1) is 19.7. The van der Waals surface area contributed by atoms with Crippen LogP contribution in [0.3, 0.4) is 0 Å². The Kier molecular flexibility index (Phi) is 9.57. The first-order valence-corrected chi connectivity index (χ1v) is 8.61. The second-order valence-corrected chi connectivity index (χ2v) is 6.33. The van der Waals surface area contributed by atoms with Crippen molar-refractivity contribution in [3.63, 3.8) is 0 Å². The van der Waals surface area contributed by atoms with Crippen LogP contribution in [0.15, 0.2) is 30.3 Å². The Hall–Kier alpha value is -1.39.